The van der Waals surface area contributed by atoms with Crippen LogP contribution in [0.15, 0.2) is 54.1 Å². The summed E-state index contributed by atoms with van der Waals surface area (Å²) >= 11 is 2.15. The molecule has 3 N–H and O–H groups in total. The van der Waals surface area contributed by atoms with Gasteiger partial charge in [0.1, 0.15) is 29.5 Å². The van der Waals surface area contributed by atoms with Crippen LogP contribution in [0.4, 0.5) is 0 Å². The van der Waals surface area contributed by atoms with Crippen LogP contribution in [0.5, 0.6) is 17.2 Å². The molecule has 222 valence electrons. The lowest BCUT2D eigenvalue weighted by Gasteiger charge is -2.41. The van der Waals surface area contributed by atoms with Crippen molar-refractivity contribution in [2.75, 3.05) is 47.1 Å². The SMILES string of the molecule is COc1ccc(OC)c(CCN(C(=O)C2CCOC2)C2CC(C(=O)NCCO)=CC(Oc3ccccc3I)C2O)c1. The van der Waals surface area contributed by atoms with Gasteiger partial charge in [-0.25, -0.2) is 0 Å². The van der Waals surface area contributed by atoms with Crippen molar-refractivity contribution in [3.8, 4) is 17.2 Å². The lowest BCUT2D eigenvalue weighted by atomic mass is 9.87. The molecule has 41 heavy (non-hydrogen) atoms. The lowest BCUT2D eigenvalue weighted by Crippen LogP contribution is -2.56. The Kier molecular flexibility index (Phi) is 11.3. The first-order chi connectivity index (χ1) is 19.9. The van der Waals surface area contributed by atoms with Gasteiger partial charge in [0.2, 0.25) is 11.8 Å². The van der Waals surface area contributed by atoms with Crippen molar-refractivity contribution in [2.24, 2.45) is 5.92 Å². The fourth-order valence-electron chi connectivity index (χ4n) is 5.19. The molecule has 2 aromatic carbocycles. The molecule has 2 aliphatic rings. The number of methoxy groups -OCH3 is 2. The molecule has 0 aromatic heterocycles. The molecule has 1 aliphatic carbocycles. The number of carbonyl (C=O) groups excluding carboxylic acids is 2. The number of para-hydroxylation sites is 1. The highest BCUT2D eigenvalue weighted by molar-refractivity contribution is 14.1. The van der Waals surface area contributed by atoms with Gasteiger partial charge in [-0.1, -0.05) is 12.1 Å². The third-order valence-electron chi connectivity index (χ3n) is 7.39. The van der Waals surface area contributed by atoms with Gasteiger partial charge < -0.3 is 39.4 Å². The molecule has 1 saturated heterocycles. The van der Waals surface area contributed by atoms with E-state index < -0.39 is 18.2 Å². The Balaban J connectivity index is 1.67. The fraction of sp³-hybridized carbons (Fsp3) is 0.467. The highest BCUT2D eigenvalue weighted by Gasteiger charge is 2.42. The molecular weight excluding hydrogens is 643 g/mol. The zero-order chi connectivity index (χ0) is 29.4. The van der Waals surface area contributed by atoms with E-state index in [1.54, 1.807) is 37.3 Å². The third kappa shape index (κ3) is 7.70. The molecule has 4 atom stereocenters. The van der Waals surface area contributed by atoms with Gasteiger partial charge in [-0.2, -0.15) is 0 Å². The van der Waals surface area contributed by atoms with E-state index in [9.17, 15) is 19.8 Å². The predicted molar refractivity (Wildman–Crippen MR) is 160 cm³/mol. The molecule has 4 rings (SSSR count). The summed E-state index contributed by atoms with van der Waals surface area (Å²) in [6, 6.07) is 12.2. The molecule has 4 unspecified atom stereocenters. The number of nitrogens with one attached hydrogen (secondary N) is 1. The fourth-order valence-corrected chi connectivity index (χ4v) is 5.70. The Bertz CT molecular complexity index is 1230. The maximum atomic E-state index is 13.9. The van der Waals surface area contributed by atoms with Crippen molar-refractivity contribution in [1.29, 1.82) is 0 Å². The van der Waals surface area contributed by atoms with Crippen LogP contribution in [-0.4, -0.2) is 92.3 Å². The number of rotatable bonds is 12. The van der Waals surface area contributed by atoms with Crippen LogP contribution in [0.2, 0.25) is 0 Å². The molecule has 2 aromatic rings. The second-order valence-electron chi connectivity index (χ2n) is 9.97. The predicted octanol–water partition coefficient (Wildman–Crippen LogP) is 2.33. The molecule has 0 bridgehead atoms. The lowest BCUT2D eigenvalue weighted by molar-refractivity contribution is -0.142. The highest BCUT2D eigenvalue weighted by atomic mass is 127. The van der Waals surface area contributed by atoms with E-state index >= 15 is 0 Å². The highest BCUT2D eigenvalue weighted by Crippen LogP contribution is 2.32. The molecule has 1 aliphatic heterocycles. The summed E-state index contributed by atoms with van der Waals surface area (Å²) in [4.78, 5) is 28.7. The molecule has 0 saturated carbocycles. The Labute approximate surface area is 253 Å². The Morgan fingerprint density at radius 2 is 1.95 bits per heavy atom. The standard InChI is InChI=1S/C30H37IN2O8/c1-38-22-7-8-25(39-2)19(15-22)9-12-33(30(37)20-10-14-40-18-20)24-16-21(29(36)32-11-13-34)17-27(28(24)35)41-26-6-4-3-5-23(26)31/h3-8,15,17,20,24,27-28,34-35H,9-14,16,18H2,1-2H3,(H,32,36). The second kappa shape index (κ2) is 14.9. The number of hydrogen-bond donors (Lipinski definition) is 3. The minimum atomic E-state index is -1.11. The van der Waals surface area contributed by atoms with Gasteiger partial charge in [-0.3, -0.25) is 9.59 Å². The minimum absolute atomic E-state index is 0.0865. The largest absolute Gasteiger partial charge is 0.497 e. The summed E-state index contributed by atoms with van der Waals surface area (Å²) < 4.78 is 23.6. The van der Waals surface area contributed by atoms with Crippen LogP contribution in [0, 0.1) is 9.49 Å². The van der Waals surface area contributed by atoms with E-state index in [1.165, 1.54) is 0 Å². The van der Waals surface area contributed by atoms with Crippen molar-refractivity contribution < 1.29 is 38.7 Å². The Morgan fingerprint density at radius 3 is 2.63 bits per heavy atom. The summed E-state index contributed by atoms with van der Waals surface area (Å²) in [6.45, 7) is 0.948. The average Bonchev–Trinajstić information content (AvgIpc) is 3.53. The maximum Gasteiger partial charge on any atom is 0.247 e. The van der Waals surface area contributed by atoms with Crippen LogP contribution < -0.4 is 19.5 Å². The van der Waals surface area contributed by atoms with Crippen LogP contribution in [-0.2, 0) is 20.7 Å². The number of aliphatic hydroxyl groups excluding tert-OH is 2. The molecule has 11 heteroatoms. The van der Waals surface area contributed by atoms with Gasteiger partial charge >= 0.3 is 0 Å². The summed E-state index contributed by atoms with van der Waals surface area (Å²) in [7, 11) is 3.17. The molecule has 1 heterocycles. The van der Waals surface area contributed by atoms with Crippen molar-refractivity contribution >= 4 is 34.4 Å². The van der Waals surface area contributed by atoms with Crippen molar-refractivity contribution in [1.82, 2.24) is 10.2 Å². The number of hydrogen-bond acceptors (Lipinski definition) is 8. The van der Waals surface area contributed by atoms with Gasteiger partial charge in [0.05, 0.1) is 43.0 Å². The van der Waals surface area contributed by atoms with Crippen LogP contribution in [0.1, 0.15) is 18.4 Å². The summed E-state index contributed by atoms with van der Waals surface area (Å²) in [5.41, 5.74) is 1.23. The van der Waals surface area contributed by atoms with Crippen molar-refractivity contribution in [2.45, 2.75) is 37.5 Å². The zero-order valence-electron chi connectivity index (χ0n) is 23.3. The molecule has 2 amide bonds. The smallest absolute Gasteiger partial charge is 0.247 e. The molecule has 10 nitrogen and oxygen atoms in total. The van der Waals surface area contributed by atoms with E-state index in [-0.39, 0.29) is 43.8 Å². The molecule has 0 radical (unpaired) electrons. The summed E-state index contributed by atoms with van der Waals surface area (Å²) in [5.74, 6) is 1.03. The topological polar surface area (TPSA) is 127 Å². The van der Waals surface area contributed by atoms with Gasteiger partial charge in [0.15, 0.2) is 0 Å². The number of nitrogens with zero attached hydrogens (tertiary/aromatic N) is 1. The monoisotopic (exact) mass is 680 g/mol. The average molecular weight is 681 g/mol. The zero-order valence-corrected chi connectivity index (χ0v) is 25.4. The van der Waals surface area contributed by atoms with E-state index in [0.717, 1.165) is 9.13 Å². The van der Waals surface area contributed by atoms with Gasteiger partial charge in [-0.15, -0.1) is 0 Å². The number of ether oxygens (including phenoxy) is 4. The first-order valence-corrected chi connectivity index (χ1v) is 14.7. The number of benzene rings is 2. The number of aliphatic hydroxyl groups is 2. The van der Waals surface area contributed by atoms with Crippen molar-refractivity contribution in [3.63, 3.8) is 0 Å². The number of amides is 2. The van der Waals surface area contributed by atoms with Crippen molar-refractivity contribution in [3.05, 3.63) is 63.2 Å². The quantitative estimate of drug-likeness (QED) is 0.292. The van der Waals surface area contributed by atoms with Crippen LogP contribution in [0.3, 0.4) is 0 Å². The molecule has 1 fully saturated rings. The van der Waals surface area contributed by atoms with Gasteiger partial charge in [-0.05, 0) is 77.4 Å². The maximum absolute atomic E-state index is 13.9. The van der Waals surface area contributed by atoms with Gasteiger partial charge in [0.25, 0.3) is 0 Å². The first kappa shape index (κ1) is 31.1. The Hall–Kier alpha value is -2.87. The minimum Gasteiger partial charge on any atom is -0.497 e. The molecule has 0 spiro atoms. The second-order valence-corrected chi connectivity index (χ2v) is 11.1. The van der Waals surface area contributed by atoms with Gasteiger partial charge in [0, 0.05) is 31.7 Å². The summed E-state index contributed by atoms with van der Waals surface area (Å²) in [6.07, 6.45) is 0.755. The van der Waals surface area contributed by atoms with E-state index in [2.05, 4.69) is 27.9 Å². The van der Waals surface area contributed by atoms with E-state index in [1.807, 2.05) is 30.3 Å². The van der Waals surface area contributed by atoms with Crippen LogP contribution >= 0.6 is 22.6 Å². The van der Waals surface area contributed by atoms with E-state index in [4.69, 9.17) is 18.9 Å². The number of halogens is 1. The number of carbonyl (C=O) groups is 2. The first-order valence-electron chi connectivity index (χ1n) is 13.6. The summed E-state index contributed by atoms with van der Waals surface area (Å²) in [5, 5.41) is 23.6. The van der Waals surface area contributed by atoms with Crippen LogP contribution in [0.25, 0.3) is 0 Å². The molecular formula is C30H37IN2O8. The Morgan fingerprint density at radius 1 is 1.15 bits per heavy atom. The van der Waals surface area contributed by atoms with E-state index in [0.29, 0.717) is 48.9 Å². The third-order valence-corrected chi connectivity index (χ3v) is 8.28. The normalized spacial score (nSPS) is 22.0.